The molecule has 18 heavy (non-hydrogen) atoms. The standard InChI is InChI=1S/C12H13FO4S/c1-3-7-16-12-8-11(6-5-10(12)4-2)17-18(14,15)9-13/h3-6,8H,1-2,7,9H2. The van der Waals surface area contributed by atoms with Crippen LogP contribution < -0.4 is 8.92 Å². The Hall–Kier alpha value is -1.82. The number of alkyl halides is 1. The highest BCUT2D eigenvalue weighted by atomic mass is 32.2. The first-order valence-corrected chi connectivity index (χ1v) is 6.58. The topological polar surface area (TPSA) is 52.6 Å². The van der Waals surface area contributed by atoms with E-state index in [1.807, 2.05) is 0 Å². The van der Waals surface area contributed by atoms with Gasteiger partial charge in [-0.3, -0.25) is 0 Å². The normalized spacial score (nSPS) is 10.7. The Bertz CT molecular complexity index is 537. The predicted octanol–water partition coefficient (Wildman–Crippen LogP) is 2.53. The lowest BCUT2D eigenvalue weighted by Crippen LogP contribution is -2.10. The highest BCUT2D eigenvalue weighted by Gasteiger charge is 2.13. The summed E-state index contributed by atoms with van der Waals surface area (Å²) in [6.07, 6.45) is 3.09. The molecule has 0 N–H and O–H groups in total. The molecule has 0 amide bonds. The van der Waals surface area contributed by atoms with Crippen molar-refractivity contribution in [2.45, 2.75) is 0 Å². The summed E-state index contributed by atoms with van der Waals surface area (Å²) in [6.45, 7) is 7.34. The van der Waals surface area contributed by atoms with Crippen molar-refractivity contribution in [3.8, 4) is 11.5 Å². The fourth-order valence-electron chi connectivity index (χ4n) is 1.18. The molecule has 0 unspecified atom stereocenters. The molecule has 0 heterocycles. The van der Waals surface area contributed by atoms with E-state index in [-0.39, 0.29) is 12.4 Å². The maximum Gasteiger partial charge on any atom is 0.339 e. The van der Waals surface area contributed by atoms with Gasteiger partial charge in [-0.2, -0.15) is 8.42 Å². The second-order valence-corrected chi connectivity index (χ2v) is 4.75. The van der Waals surface area contributed by atoms with Crippen molar-refractivity contribution in [1.82, 2.24) is 0 Å². The summed E-state index contributed by atoms with van der Waals surface area (Å²) in [7, 11) is -4.20. The molecule has 1 aromatic rings. The number of hydrogen-bond acceptors (Lipinski definition) is 4. The third-order valence-corrected chi connectivity index (χ3v) is 2.63. The quantitative estimate of drug-likeness (QED) is 0.565. The van der Waals surface area contributed by atoms with E-state index < -0.39 is 16.1 Å². The van der Waals surface area contributed by atoms with E-state index in [1.165, 1.54) is 12.1 Å². The zero-order valence-corrected chi connectivity index (χ0v) is 10.5. The second-order valence-electron chi connectivity index (χ2n) is 3.25. The second kappa shape index (κ2) is 6.20. The molecular formula is C12H13FO4S. The Kier molecular flexibility index (Phi) is 4.91. The summed E-state index contributed by atoms with van der Waals surface area (Å²) < 4.78 is 43.9. The van der Waals surface area contributed by atoms with E-state index in [0.717, 1.165) is 0 Å². The summed E-state index contributed by atoms with van der Waals surface area (Å²) in [5.74, 6) is 0.369. The van der Waals surface area contributed by atoms with Crippen LogP contribution in [0.3, 0.4) is 0 Å². The van der Waals surface area contributed by atoms with Gasteiger partial charge in [-0.25, -0.2) is 4.39 Å². The average Bonchev–Trinajstić information content (AvgIpc) is 2.36. The first-order valence-electron chi connectivity index (χ1n) is 5.00. The van der Waals surface area contributed by atoms with Gasteiger partial charge in [0.2, 0.25) is 6.01 Å². The van der Waals surface area contributed by atoms with Crippen LogP contribution in [-0.2, 0) is 10.1 Å². The molecule has 6 heteroatoms. The molecule has 0 spiro atoms. The largest absolute Gasteiger partial charge is 0.489 e. The molecule has 0 saturated carbocycles. The maximum atomic E-state index is 12.1. The first-order chi connectivity index (χ1) is 8.52. The molecule has 0 saturated heterocycles. The van der Waals surface area contributed by atoms with Crippen LogP contribution in [-0.4, -0.2) is 21.0 Å². The SMILES string of the molecule is C=CCOc1cc(OS(=O)(=O)CF)ccc1C=C. The van der Waals surface area contributed by atoms with Gasteiger partial charge in [0.1, 0.15) is 18.1 Å². The summed E-state index contributed by atoms with van der Waals surface area (Å²) in [6, 6.07) is 2.73. The van der Waals surface area contributed by atoms with Gasteiger partial charge in [0.15, 0.2) is 0 Å². The Labute approximate surface area is 105 Å². The third-order valence-electron chi connectivity index (χ3n) is 1.92. The molecule has 1 aromatic carbocycles. The lowest BCUT2D eigenvalue weighted by molar-refractivity contribution is 0.360. The molecule has 0 aliphatic carbocycles. The lowest BCUT2D eigenvalue weighted by Gasteiger charge is -2.10. The fourth-order valence-corrected chi connectivity index (χ4v) is 1.62. The zero-order chi connectivity index (χ0) is 13.6. The summed E-state index contributed by atoms with van der Waals surface area (Å²) >= 11 is 0. The molecule has 0 aromatic heterocycles. The number of halogens is 1. The van der Waals surface area contributed by atoms with Crippen LogP contribution in [0.1, 0.15) is 5.56 Å². The Morgan fingerprint density at radius 2 is 2.06 bits per heavy atom. The zero-order valence-electron chi connectivity index (χ0n) is 9.63. The Morgan fingerprint density at radius 1 is 1.33 bits per heavy atom. The number of ether oxygens (including phenoxy) is 1. The van der Waals surface area contributed by atoms with Gasteiger partial charge < -0.3 is 8.92 Å². The summed E-state index contributed by atoms with van der Waals surface area (Å²) in [5.41, 5.74) is 0.668. The summed E-state index contributed by atoms with van der Waals surface area (Å²) in [5, 5.41) is 0. The van der Waals surface area contributed by atoms with Gasteiger partial charge in [-0.15, -0.1) is 0 Å². The fraction of sp³-hybridized carbons (Fsp3) is 0.167. The monoisotopic (exact) mass is 272 g/mol. The molecule has 1 rings (SSSR count). The van der Waals surface area contributed by atoms with Gasteiger partial charge in [0, 0.05) is 11.6 Å². The average molecular weight is 272 g/mol. The molecule has 0 radical (unpaired) electrons. The lowest BCUT2D eigenvalue weighted by atomic mass is 10.2. The van der Waals surface area contributed by atoms with Gasteiger partial charge in [0.05, 0.1) is 0 Å². The van der Waals surface area contributed by atoms with E-state index in [2.05, 4.69) is 17.3 Å². The van der Waals surface area contributed by atoms with Crippen LogP contribution in [0.25, 0.3) is 6.08 Å². The third kappa shape index (κ3) is 3.89. The molecule has 0 atom stereocenters. The van der Waals surface area contributed by atoms with Crippen molar-refractivity contribution >= 4 is 16.2 Å². The molecule has 0 bridgehead atoms. The highest BCUT2D eigenvalue weighted by Crippen LogP contribution is 2.26. The minimum absolute atomic E-state index is 0.0164. The van der Waals surface area contributed by atoms with E-state index in [4.69, 9.17) is 4.74 Å². The number of hydrogen-bond donors (Lipinski definition) is 0. The van der Waals surface area contributed by atoms with E-state index in [9.17, 15) is 12.8 Å². The molecular weight excluding hydrogens is 259 g/mol. The van der Waals surface area contributed by atoms with E-state index in [1.54, 1.807) is 18.2 Å². The molecule has 0 aliphatic rings. The van der Waals surface area contributed by atoms with Crippen LogP contribution in [0.15, 0.2) is 37.4 Å². The van der Waals surface area contributed by atoms with Crippen LogP contribution in [0, 0.1) is 0 Å². The van der Waals surface area contributed by atoms with Crippen molar-refractivity contribution in [2.75, 3.05) is 12.6 Å². The van der Waals surface area contributed by atoms with Crippen LogP contribution in [0.2, 0.25) is 0 Å². The highest BCUT2D eigenvalue weighted by molar-refractivity contribution is 7.86. The van der Waals surface area contributed by atoms with Gasteiger partial charge in [-0.05, 0) is 12.1 Å². The van der Waals surface area contributed by atoms with Crippen molar-refractivity contribution in [1.29, 1.82) is 0 Å². The van der Waals surface area contributed by atoms with E-state index >= 15 is 0 Å². The number of rotatable bonds is 7. The minimum Gasteiger partial charge on any atom is -0.489 e. The first kappa shape index (κ1) is 14.2. The smallest absolute Gasteiger partial charge is 0.339 e. The van der Waals surface area contributed by atoms with Crippen molar-refractivity contribution in [3.05, 3.63) is 43.0 Å². The van der Waals surface area contributed by atoms with Gasteiger partial charge >= 0.3 is 10.1 Å². The van der Waals surface area contributed by atoms with Crippen LogP contribution in [0.5, 0.6) is 11.5 Å². The Balaban J connectivity index is 3.02. The molecule has 0 aliphatic heterocycles. The Morgan fingerprint density at radius 3 is 2.61 bits per heavy atom. The molecule has 0 fully saturated rings. The van der Waals surface area contributed by atoms with Crippen molar-refractivity contribution in [2.24, 2.45) is 0 Å². The predicted molar refractivity (Wildman–Crippen MR) is 67.7 cm³/mol. The molecule has 98 valence electrons. The van der Waals surface area contributed by atoms with Crippen LogP contribution in [0.4, 0.5) is 4.39 Å². The van der Waals surface area contributed by atoms with Gasteiger partial charge in [0.25, 0.3) is 0 Å². The minimum atomic E-state index is -4.20. The summed E-state index contributed by atoms with van der Waals surface area (Å²) in [4.78, 5) is 0. The van der Waals surface area contributed by atoms with Crippen molar-refractivity contribution in [3.63, 3.8) is 0 Å². The van der Waals surface area contributed by atoms with Gasteiger partial charge in [-0.1, -0.05) is 25.3 Å². The number of benzene rings is 1. The van der Waals surface area contributed by atoms with Crippen molar-refractivity contribution < 1.29 is 21.7 Å². The molecule has 4 nitrogen and oxygen atoms in total. The van der Waals surface area contributed by atoms with Crippen LogP contribution >= 0.6 is 0 Å². The maximum absolute atomic E-state index is 12.1. The van der Waals surface area contributed by atoms with E-state index in [0.29, 0.717) is 11.3 Å².